The van der Waals surface area contributed by atoms with Crippen LogP contribution in [-0.2, 0) is 9.53 Å². The van der Waals surface area contributed by atoms with Gasteiger partial charge in [0.1, 0.15) is 34.8 Å². The average molecular weight is 614 g/mol. The van der Waals surface area contributed by atoms with Gasteiger partial charge in [-0.05, 0) is 45.0 Å². The molecular formula is C31H36ClN3O8. The number of ether oxygens (including phenoxy) is 2. The van der Waals surface area contributed by atoms with Crippen LogP contribution >= 0.6 is 11.6 Å². The maximum atomic E-state index is 13.8. The molecule has 43 heavy (non-hydrogen) atoms. The molecule has 2 aromatic carbocycles. The Morgan fingerprint density at radius 3 is 2.63 bits per heavy atom. The first-order valence-corrected chi connectivity index (χ1v) is 14.7. The number of halogens is 1. The molecule has 5 rings (SSSR count). The summed E-state index contributed by atoms with van der Waals surface area (Å²) in [6.45, 7) is 0.544. The number of methoxy groups -OCH3 is 1. The van der Waals surface area contributed by atoms with E-state index in [2.05, 4.69) is 0 Å². The molecule has 2 aliphatic rings. The number of phenolic OH excluding ortho intramolecular Hbond substituents is 1. The molecule has 0 radical (unpaired) electrons. The summed E-state index contributed by atoms with van der Waals surface area (Å²) < 4.78 is 17.0. The molecule has 230 valence electrons. The lowest BCUT2D eigenvalue weighted by Crippen LogP contribution is -2.54. The summed E-state index contributed by atoms with van der Waals surface area (Å²) in [5.74, 6) is -1.66. The molecular weight excluding hydrogens is 578 g/mol. The van der Waals surface area contributed by atoms with E-state index in [0.29, 0.717) is 42.9 Å². The van der Waals surface area contributed by atoms with E-state index in [1.54, 1.807) is 24.3 Å². The minimum Gasteiger partial charge on any atom is -0.507 e. The number of hydrogen-bond donors (Lipinski definition) is 3. The molecule has 2 fully saturated rings. The number of aliphatic hydroxyl groups excluding tert-OH is 1. The molecule has 1 saturated heterocycles. The van der Waals surface area contributed by atoms with Gasteiger partial charge in [0.15, 0.2) is 5.43 Å². The van der Waals surface area contributed by atoms with E-state index >= 15 is 0 Å². The second-order valence-electron chi connectivity index (χ2n) is 11.3. The Balaban J connectivity index is 1.67. The number of esters is 1. The Kier molecular flexibility index (Phi) is 9.26. The van der Waals surface area contributed by atoms with Gasteiger partial charge in [0.2, 0.25) is 0 Å². The van der Waals surface area contributed by atoms with Gasteiger partial charge in [-0.1, -0.05) is 36.6 Å². The topological polar surface area (TPSA) is 156 Å². The molecule has 11 nitrogen and oxygen atoms in total. The normalized spacial score (nSPS) is 22.7. The molecule has 0 bridgehead atoms. The second kappa shape index (κ2) is 12.9. The van der Waals surface area contributed by atoms with Crippen molar-refractivity contribution < 1.29 is 33.7 Å². The van der Waals surface area contributed by atoms with Gasteiger partial charge in [-0.2, -0.15) is 0 Å². The Hall–Kier alpha value is -3.64. The maximum Gasteiger partial charge on any atom is 0.416 e. The number of likely N-dealkylation sites (N-methyl/N-ethyl adjacent to an activating group) is 1. The number of aliphatic hydroxyl groups is 1. The molecule has 0 spiro atoms. The highest BCUT2D eigenvalue weighted by Gasteiger charge is 2.37. The zero-order chi connectivity index (χ0) is 30.8. The first-order valence-electron chi connectivity index (χ1n) is 14.3. The van der Waals surface area contributed by atoms with Gasteiger partial charge in [-0.25, -0.2) is 4.79 Å². The van der Waals surface area contributed by atoms with Crippen molar-refractivity contribution in [3.63, 3.8) is 0 Å². The Morgan fingerprint density at radius 1 is 1.19 bits per heavy atom. The minimum atomic E-state index is -0.906. The predicted octanol–water partition coefficient (Wildman–Crippen LogP) is 3.84. The number of phenols is 1. The highest BCUT2D eigenvalue weighted by molar-refractivity contribution is 6.33. The quantitative estimate of drug-likeness (QED) is 0.349. The Morgan fingerprint density at radius 2 is 1.93 bits per heavy atom. The van der Waals surface area contributed by atoms with Crippen LogP contribution in [0.4, 0.5) is 4.79 Å². The summed E-state index contributed by atoms with van der Waals surface area (Å²) in [4.78, 5) is 42.7. The number of carbonyl (C=O) groups excluding carboxylic acids is 2. The smallest absolute Gasteiger partial charge is 0.416 e. The van der Waals surface area contributed by atoms with Crippen molar-refractivity contribution in [2.75, 3.05) is 33.8 Å². The number of benzene rings is 2. The third-order valence-electron chi connectivity index (χ3n) is 8.42. The van der Waals surface area contributed by atoms with Crippen LogP contribution in [0.1, 0.15) is 43.6 Å². The average Bonchev–Trinajstić information content (AvgIpc) is 2.97. The van der Waals surface area contributed by atoms with Crippen molar-refractivity contribution in [3.05, 3.63) is 57.2 Å². The van der Waals surface area contributed by atoms with Crippen molar-refractivity contribution >= 4 is 34.6 Å². The van der Waals surface area contributed by atoms with Crippen LogP contribution in [0.3, 0.4) is 0 Å². The summed E-state index contributed by atoms with van der Waals surface area (Å²) >= 11 is 6.42. The third-order valence-corrected chi connectivity index (χ3v) is 8.75. The van der Waals surface area contributed by atoms with E-state index < -0.39 is 41.3 Å². The van der Waals surface area contributed by atoms with Crippen molar-refractivity contribution in [1.82, 2.24) is 9.80 Å². The highest BCUT2D eigenvalue weighted by Crippen LogP contribution is 2.44. The number of rotatable bonds is 6. The molecule has 1 amide bonds. The van der Waals surface area contributed by atoms with Crippen molar-refractivity contribution in [3.8, 4) is 22.8 Å². The van der Waals surface area contributed by atoms with Crippen LogP contribution < -0.4 is 15.9 Å². The lowest BCUT2D eigenvalue weighted by atomic mass is 9.85. The summed E-state index contributed by atoms with van der Waals surface area (Å²) in [5.41, 5.74) is 6.53. The van der Waals surface area contributed by atoms with Crippen LogP contribution in [0.25, 0.3) is 22.3 Å². The summed E-state index contributed by atoms with van der Waals surface area (Å²) in [6, 6.07) is 8.42. The van der Waals surface area contributed by atoms with Gasteiger partial charge in [0, 0.05) is 41.8 Å². The fraction of sp³-hybridized carbons (Fsp3) is 0.452. The number of fused-ring (bicyclic) bond motifs is 1. The number of amides is 1. The Labute approximate surface area is 253 Å². The van der Waals surface area contributed by atoms with Crippen LogP contribution in [0, 0.1) is 0 Å². The standard InChI is InChI=1S/C31H36ClN3O8/c1-34-12-11-18(24(38)15-34)28-26(43-31(40)35(16-27(39)41-2)21-10-6-5-9-20(21)33)14-23(37)29-22(36)13-25(42-30(28)29)17-7-3-4-8-19(17)32/h3-4,7-8,13-14,18,20-21,24,37-38H,5-6,9-12,15-16,33H2,1-2H3/t18-,20+,21+,24+/m0/s1. The number of piperidine rings is 1. The molecule has 1 aliphatic carbocycles. The van der Waals surface area contributed by atoms with E-state index in [9.17, 15) is 24.6 Å². The lowest BCUT2D eigenvalue weighted by Gasteiger charge is -2.37. The monoisotopic (exact) mass is 613 g/mol. The van der Waals surface area contributed by atoms with Gasteiger partial charge in [-0.15, -0.1) is 0 Å². The molecule has 1 aromatic heterocycles. The summed E-state index contributed by atoms with van der Waals surface area (Å²) in [7, 11) is 3.11. The highest BCUT2D eigenvalue weighted by atomic mass is 35.5. The number of β-amino-alcohol motifs (C(OH)–C–C–N with tert-alkyl or cyclic N) is 1. The predicted molar refractivity (Wildman–Crippen MR) is 160 cm³/mol. The number of nitrogens with two attached hydrogens (primary N) is 1. The number of aromatic hydroxyl groups is 1. The maximum absolute atomic E-state index is 13.8. The van der Waals surface area contributed by atoms with Gasteiger partial charge >= 0.3 is 12.1 Å². The fourth-order valence-electron chi connectivity index (χ4n) is 6.17. The zero-order valence-electron chi connectivity index (χ0n) is 24.1. The summed E-state index contributed by atoms with van der Waals surface area (Å²) in [6.07, 6.45) is 1.64. The third kappa shape index (κ3) is 6.35. The first-order chi connectivity index (χ1) is 20.6. The van der Waals surface area contributed by atoms with E-state index in [-0.39, 0.29) is 40.6 Å². The molecule has 4 N–H and O–H groups in total. The van der Waals surface area contributed by atoms with Crippen molar-refractivity contribution in [2.45, 2.75) is 56.2 Å². The van der Waals surface area contributed by atoms with Crippen LogP contribution in [0.2, 0.25) is 5.02 Å². The molecule has 0 unspecified atom stereocenters. The van der Waals surface area contributed by atoms with E-state index in [0.717, 1.165) is 12.8 Å². The number of hydrogen-bond acceptors (Lipinski definition) is 10. The molecule has 1 saturated carbocycles. The summed E-state index contributed by atoms with van der Waals surface area (Å²) in [5, 5.41) is 22.5. The van der Waals surface area contributed by atoms with E-state index in [1.165, 1.54) is 24.1 Å². The number of carbonyl (C=O) groups is 2. The zero-order valence-corrected chi connectivity index (χ0v) is 24.9. The van der Waals surface area contributed by atoms with Gasteiger partial charge in [-0.3, -0.25) is 14.5 Å². The molecule has 2 heterocycles. The number of nitrogens with zero attached hydrogens (tertiary/aromatic N) is 2. The van der Waals surface area contributed by atoms with Gasteiger partial charge in [0.25, 0.3) is 0 Å². The fourth-order valence-corrected chi connectivity index (χ4v) is 6.40. The van der Waals surface area contributed by atoms with Gasteiger partial charge in [0.05, 0.1) is 24.3 Å². The molecule has 1 aliphatic heterocycles. The Bertz CT molecular complexity index is 1580. The van der Waals surface area contributed by atoms with Crippen LogP contribution in [0.15, 0.2) is 45.6 Å². The second-order valence-corrected chi connectivity index (χ2v) is 11.7. The number of likely N-dealkylation sites (tertiary alicyclic amines) is 1. The largest absolute Gasteiger partial charge is 0.507 e. The van der Waals surface area contributed by atoms with Crippen molar-refractivity contribution in [2.24, 2.45) is 5.73 Å². The first kappa shape index (κ1) is 30.8. The lowest BCUT2D eigenvalue weighted by molar-refractivity contribution is -0.142. The van der Waals surface area contributed by atoms with Crippen LogP contribution in [-0.4, -0.2) is 84.1 Å². The molecule has 4 atom stereocenters. The molecule has 3 aromatic rings. The van der Waals surface area contributed by atoms with Crippen LogP contribution in [0.5, 0.6) is 11.5 Å². The minimum absolute atomic E-state index is 0.0206. The van der Waals surface area contributed by atoms with Gasteiger partial charge < -0.3 is 34.7 Å². The molecule has 12 heteroatoms. The van der Waals surface area contributed by atoms with E-state index in [4.69, 9.17) is 31.2 Å². The van der Waals surface area contributed by atoms with Crippen molar-refractivity contribution in [1.29, 1.82) is 0 Å². The SMILES string of the molecule is COC(=O)CN(C(=O)Oc1cc(O)c2c(=O)cc(-c3ccccc3Cl)oc2c1[C@H]1CCN(C)C[C@H]1O)[C@@H]1CCCC[C@H]1N. The van der Waals surface area contributed by atoms with E-state index in [1.807, 2.05) is 11.9 Å².